The minimum atomic E-state index is -0.0513. The van der Waals surface area contributed by atoms with Gasteiger partial charge in [-0.05, 0) is 61.3 Å². The predicted molar refractivity (Wildman–Crippen MR) is 126 cm³/mol. The minimum Gasteiger partial charge on any atom is -0.348 e. The van der Waals surface area contributed by atoms with Crippen LogP contribution in [0.3, 0.4) is 0 Å². The van der Waals surface area contributed by atoms with Crippen molar-refractivity contribution in [3.63, 3.8) is 0 Å². The molecule has 0 spiro atoms. The van der Waals surface area contributed by atoms with Gasteiger partial charge >= 0.3 is 0 Å². The highest BCUT2D eigenvalue weighted by Crippen LogP contribution is 2.28. The van der Waals surface area contributed by atoms with Crippen LogP contribution in [0, 0.1) is 0 Å². The second-order valence-corrected chi connectivity index (χ2v) is 8.58. The van der Waals surface area contributed by atoms with Gasteiger partial charge in [-0.3, -0.25) is 14.7 Å². The lowest BCUT2D eigenvalue weighted by atomic mass is 9.96. The highest BCUT2D eigenvalue weighted by atomic mass is 16.5. The van der Waals surface area contributed by atoms with E-state index in [9.17, 15) is 4.79 Å². The van der Waals surface area contributed by atoms with Crippen LogP contribution in [0.4, 0.5) is 0 Å². The molecule has 168 valence electrons. The lowest BCUT2D eigenvalue weighted by Crippen LogP contribution is -2.41. The number of nitrogens with zero attached hydrogens (tertiary/aromatic N) is 4. The van der Waals surface area contributed by atoms with E-state index in [-0.39, 0.29) is 17.9 Å². The fraction of sp³-hybridized carbons (Fsp3) is 0.308. The lowest BCUT2D eigenvalue weighted by molar-refractivity contribution is -0.123. The first-order valence-corrected chi connectivity index (χ1v) is 11.4. The van der Waals surface area contributed by atoms with E-state index in [4.69, 9.17) is 4.52 Å². The number of piperidine rings is 1. The van der Waals surface area contributed by atoms with Crippen molar-refractivity contribution in [1.82, 2.24) is 25.3 Å². The molecule has 0 aliphatic carbocycles. The van der Waals surface area contributed by atoms with E-state index in [0.717, 1.165) is 31.5 Å². The van der Waals surface area contributed by atoms with Crippen LogP contribution in [0.15, 0.2) is 71.4 Å². The molecular formula is C26H27N5O2. The number of pyridine rings is 1. The fourth-order valence-corrected chi connectivity index (χ4v) is 4.53. The fourth-order valence-electron chi connectivity index (χ4n) is 4.53. The number of carbonyl (C=O) groups is 1. The molecule has 1 aliphatic rings. The molecule has 1 N–H and O–H groups in total. The van der Waals surface area contributed by atoms with E-state index >= 15 is 0 Å². The molecule has 3 heterocycles. The van der Waals surface area contributed by atoms with Crippen LogP contribution in [0.25, 0.3) is 22.3 Å². The number of amides is 1. The molecule has 5 rings (SSSR count). The molecule has 2 aromatic heterocycles. The summed E-state index contributed by atoms with van der Waals surface area (Å²) in [5.41, 5.74) is 1.85. The monoisotopic (exact) mass is 441 g/mol. The van der Waals surface area contributed by atoms with Crippen molar-refractivity contribution in [2.24, 2.45) is 0 Å². The Kier molecular flexibility index (Phi) is 6.13. The Morgan fingerprint density at radius 1 is 1.09 bits per heavy atom. The summed E-state index contributed by atoms with van der Waals surface area (Å²) in [6.45, 7) is 4.08. The van der Waals surface area contributed by atoms with Crippen LogP contribution in [0.1, 0.15) is 43.2 Å². The van der Waals surface area contributed by atoms with E-state index in [1.807, 2.05) is 43.3 Å². The first kappa shape index (κ1) is 21.3. The Morgan fingerprint density at radius 3 is 2.70 bits per heavy atom. The average Bonchev–Trinajstić information content (AvgIpc) is 3.35. The normalized spacial score (nSPS) is 16.0. The molecule has 7 nitrogen and oxygen atoms in total. The molecule has 7 heteroatoms. The van der Waals surface area contributed by atoms with E-state index in [0.29, 0.717) is 24.0 Å². The first-order valence-electron chi connectivity index (χ1n) is 11.4. The van der Waals surface area contributed by atoms with Gasteiger partial charge < -0.3 is 9.84 Å². The maximum atomic E-state index is 12.7. The molecule has 1 aliphatic heterocycles. The molecule has 1 amide bonds. The minimum absolute atomic E-state index is 0.0455. The number of nitrogens with one attached hydrogen (secondary N) is 1. The summed E-state index contributed by atoms with van der Waals surface area (Å²) in [5.74, 6) is 1.44. The van der Waals surface area contributed by atoms with E-state index < -0.39 is 0 Å². The summed E-state index contributed by atoms with van der Waals surface area (Å²) in [7, 11) is 0. The van der Waals surface area contributed by atoms with Crippen LogP contribution in [-0.2, 0) is 4.79 Å². The van der Waals surface area contributed by atoms with Crippen molar-refractivity contribution < 1.29 is 9.32 Å². The first-order chi connectivity index (χ1) is 16.2. The Labute approximate surface area is 192 Å². The Balaban J connectivity index is 1.14. The molecule has 1 atom stereocenters. The van der Waals surface area contributed by atoms with Gasteiger partial charge in [-0.15, -0.1) is 0 Å². The lowest BCUT2D eigenvalue weighted by Gasteiger charge is -2.30. The third kappa shape index (κ3) is 4.78. The SMILES string of the molecule is CC(NC(=O)CN1CCC(c2nc(-c3ccccn3)no2)CC1)c1cccc2ccccc12. The molecule has 0 saturated carbocycles. The molecule has 1 unspecified atom stereocenters. The summed E-state index contributed by atoms with van der Waals surface area (Å²) in [6, 6.07) is 20.1. The van der Waals surface area contributed by atoms with Gasteiger partial charge in [0.15, 0.2) is 0 Å². The molecule has 0 bridgehead atoms. The van der Waals surface area contributed by atoms with Crippen molar-refractivity contribution in [1.29, 1.82) is 0 Å². The maximum Gasteiger partial charge on any atom is 0.234 e. The Morgan fingerprint density at radius 2 is 1.88 bits per heavy atom. The number of rotatable bonds is 6. The number of benzene rings is 2. The quantitative estimate of drug-likeness (QED) is 0.479. The highest BCUT2D eigenvalue weighted by Gasteiger charge is 2.27. The van der Waals surface area contributed by atoms with Gasteiger partial charge in [-0.1, -0.05) is 53.7 Å². The van der Waals surface area contributed by atoms with Gasteiger partial charge in [-0.2, -0.15) is 4.98 Å². The van der Waals surface area contributed by atoms with Gasteiger partial charge in [0, 0.05) is 12.1 Å². The number of hydrogen-bond donors (Lipinski definition) is 1. The number of likely N-dealkylation sites (tertiary alicyclic amines) is 1. The van der Waals surface area contributed by atoms with Crippen LogP contribution in [0.5, 0.6) is 0 Å². The van der Waals surface area contributed by atoms with Gasteiger partial charge in [-0.25, -0.2) is 0 Å². The van der Waals surface area contributed by atoms with E-state index in [1.54, 1.807) is 6.20 Å². The van der Waals surface area contributed by atoms with Crippen LogP contribution in [0.2, 0.25) is 0 Å². The molecule has 4 aromatic rings. The van der Waals surface area contributed by atoms with Gasteiger partial charge in [0.1, 0.15) is 5.69 Å². The number of fused-ring (bicyclic) bond motifs is 1. The van der Waals surface area contributed by atoms with E-state index in [1.165, 1.54) is 10.8 Å². The molecule has 2 aromatic carbocycles. The molecule has 1 fully saturated rings. The topological polar surface area (TPSA) is 84.2 Å². The van der Waals surface area contributed by atoms with Gasteiger partial charge in [0.2, 0.25) is 17.6 Å². The van der Waals surface area contributed by atoms with E-state index in [2.05, 4.69) is 49.6 Å². The number of aromatic nitrogens is 3. The van der Waals surface area contributed by atoms with Crippen LogP contribution >= 0.6 is 0 Å². The molecule has 33 heavy (non-hydrogen) atoms. The Bertz CT molecular complexity index is 1230. The second-order valence-electron chi connectivity index (χ2n) is 8.58. The third-order valence-electron chi connectivity index (χ3n) is 6.31. The summed E-state index contributed by atoms with van der Waals surface area (Å²) >= 11 is 0. The zero-order valence-electron chi connectivity index (χ0n) is 18.6. The smallest absolute Gasteiger partial charge is 0.234 e. The largest absolute Gasteiger partial charge is 0.348 e. The standard InChI is InChI=1S/C26H27N5O2/c1-18(21-10-6-8-19-7-2-3-9-22(19)21)28-24(32)17-31-15-12-20(13-16-31)26-29-25(30-33-26)23-11-4-5-14-27-23/h2-11,14,18,20H,12-13,15-17H2,1H3,(H,28,32). The van der Waals surface area contributed by atoms with Crippen LogP contribution in [-0.4, -0.2) is 45.6 Å². The highest BCUT2D eigenvalue weighted by molar-refractivity contribution is 5.87. The summed E-state index contributed by atoms with van der Waals surface area (Å²) in [4.78, 5) is 23.8. The number of hydrogen-bond acceptors (Lipinski definition) is 6. The average molecular weight is 442 g/mol. The zero-order valence-corrected chi connectivity index (χ0v) is 18.6. The summed E-state index contributed by atoms with van der Waals surface area (Å²) in [6.07, 6.45) is 3.49. The predicted octanol–water partition coefficient (Wildman–Crippen LogP) is 4.34. The molecule has 0 radical (unpaired) electrons. The van der Waals surface area contributed by atoms with Crippen LogP contribution < -0.4 is 5.32 Å². The third-order valence-corrected chi connectivity index (χ3v) is 6.31. The van der Waals surface area contributed by atoms with Crippen molar-refractivity contribution >= 4 is 16.7 Å². The molecule has 1 saturated heterocycles. The summed E-state index contributed by atoms with van der Waals surface area (Å²) in [5, 5.41) is 9.62. The maximum absolute atomic E-state index is 12.7. The van der Waals surface area contributed by atoms with Crippen molar-refractivity contribution in [2.45, 2.75) is 31.7 Å². The van der Waals surface area contributed by atoms with Gasteiger partial charge in [0.05, 0.1) is 12.6 Å². The van der Waals surface area contributed by atoms with Crippen molar-refractivity contribution in [3.05, 3.63) is 78.3 Å². The van der Waals surface area contributed by atoms with Crippen molar-refractivity contribution in [2.75, 3.05) is 19.6 Å². The Hall–Kier alpha value is -3.58. The van der Waals surface area contributed by atoms with Crippen molar-refractivity contribution in [3.8, 4) is 11.5 Å². The molecular weight excluding hydrogens is 414 g/mol. The summed E-state index contributed by atoms with van der Waals surface area (Å²) < 4.78 is 5.51. The second kappa shape index (κ2) is 9.50. The number of carbonyl (C=O) groups excluding carboxylic acids is 1. The zero-order chi connectivity index (χ0) is 22.6. The van der Waals surface area contributed by atoms with Gasteiger partial charge in [0.25, 0.3) is 0 Å².